The van der Waals surface area contributed by atoms with Gasteiger partial charge in [-0.1, -0.05) is 220 Å². The average molecular weight is 1260 g/mol. The summed E-state index contributed by atoms with van der Waals surface area (Å²) in [6.07, 6.45) is 9.57. The van der Waals surface area contributed by atoms with Crippen molar-refractivity contribution in [2.45, 2.75) is 119 Å². The minimum Gasteiger partial charge on any atom is -0.743 e. The molecule has 8 rings (SSSR count). The third-order valence-electron chi connectivity index (χ3n) is 13.5. The van der Waals surface area contributed by atoms with Gasteiger partial charge in [0.1, 0.15) is 0 Å². The molecule has 2 saturated carbocycles. The number of ether oxygens (including phenoxy) is 2. The molecular weight excluding hydrogens is 1190 g/mol. The molecule has 2 fully saturated rings. The van der Waals surface area contributed by atoms with Gasteiger partial charge in [0.2, 0.25) is 0 Å². The van der Waals surface area contributed by atoms with Crippen LogP contribution in [-0.4, -0.2) is 80.1 Å². The third-order valence-corrected chi connectivity index (χ3v) is 15.8. The monoisotopic (exact) mass is 1260 g/mol. The number of rotatable bonds is 16. The summed E-state index contributed by atoms with van der Waals surface area (Å²) in [5, 5.41) is -9.01. The first-order valence-electron chi connectivity index (χ1n) is 26.7. The van der Waals surface area contributed by atoms with Gasteiger partial charge >= 0.3 is 67.6 Å². The summed E-state index contributed by atoms with van der Waals surface area (Å²) < 4.78 is 177. The summed E-state index contributed by atoms with van der Waals surface area (Å²) in [4.78, 5) is 22.5. The van der Waals surface area contributed by atoms with Crippen molar-refractivity contribution in [3.8, 4) is 0 Å². The van der Waals surface area contributed by atoms with Crippen molar-refractivity contribution < 1.29 is 118 Å². The predicted octanol–water partition coefficient (Wildman–Crippen LogP) is 11.0. The summed E-state index contributed by atoms with van der Waals surface area (Å²) in [5.74, 6) is -0.916. The standard InChI is InChI=1S/2C20H18.2C10H16F2O5S.CHF3O3S.Na/c2*1-16-12-14-19(15-13-16)20(17-8-4-2-5-9-17)18-10-6-3-7-11-18;2*11-10(12,18(14,15)16)7-17-9(13)6-8-4-2-1-3-5-8;2-1(3,4)8(5,6)7;/h2*2-15,20H,1H3;2*8H,1-7H2,(H,14,15,16);(H,5,6,7);/q;;;;;+1/p-2. The molecule has 2 aliphatic rings. The smallest absolute Gasteiger partial charge is 0.743 e. The second kappa shape index (κ2) is 34.7. The molecule has 0 aromatic heterocycles. The van der Waals surface area contributed by atoms with Crippen LogP contribution in [0, 0.1) is 25.7 Å². The molecule has 0 spiro atoms. The van der Waals surface area contributed by atoms with Crippen LogP contribution in [0.5, 0.6) is 0 Å². The van der Waals surface area contributed by atoms with E-state index in [1.54, 1.807) is 0 Å². The number of hydrogen-bond donors (Lipinski definition) is 1. The summed E-state index contributed by atoms with van der Waals surface area (Å²) in [6.45, 7) is 0.912. The van der Waals surface area contributed by atoms with Crippen molar-refractivity contribution >= 4 is 42.3 Å². The molecule has 0 unspecified atom stereocenters. The summed E-state index contributed by atoms with van der Waals surface area (Å²) in [5.41, 5.74) is 4.98. The molecule has 6 aromatic rings. The molecule has 2 aliphatic carbocycles. The van der Waals surface area contributed by atoms with Gasteiger partial charge in [0.15, 0.2) is 33.5 Å². The Morgan fingerprint density at radius 1 is 0.447 bits per heavy atom. The van der Waals surface area contributed by atoms with Gasteiger partial charge in [-0.15, -0.1) is 0 Å². The summed E-state index contributed by atoms with van der Waals surface area (Å²) in [6, 6.07) is 60.5. The van der Waals surface area contributed by atoms with Crippen molar-refractivity contribution in [2.24, 2.45) is 11.8 Å². The second-order valence-corrected chi connectivity index (χ2v) is 24.6. The molecule has 0 radical (unpaired) electrons. The minimum absolute atomic E-state index is 0. The predicted molar refractivity (Wildman–Crippen MR) is 301 cm³/mol. The van der Waals surface area contributed by atoms with Gasteiger partial charge < -0.3 is 18.6 Å². The quantitative estimate of drug-likeness (QED) is 0.0238. The van der Waals surface area contributed by atoms with Crippen LogP contribution in [0.3, 0.4) is 0 Å². The summed E-state index contributed by atoms with van der Waals surface area (Å²) >= 11 is 0. The first-order chi connectivity index (χ1) is 39.4. The topological polar surface area (TPSA) is 221 Å². The zero-order valence-electron chi connectivity index (χ0n) is 47.1. The number of benzene rings is 6. The number of aryl methyl sites for hydroxylation is 2. The molecule has 0 bridgehead atoms. The molecule has 0 saturated heterocycles. The number of esters is 2. The first-order valence-corrected chi connectivity index (χ1v) is 31.0. The van der Waals surface area contributed by atoms with Gasteiger partial charge in [-0.05, 0) is 84.7 Å². The number of carbonyl (C=O) groups excluding carboxylic acids is 2. The molecule has 13 nitrogen and oxygen atoms in total. The van der Waals surface area contributed by atoms with E-state index in [9.17, 15) is 61.7 Å². The van der Waals surface area contributed by atoms with E-state index in [0.29, 0.717) is 11.8 Å². The van der Waals surface area contributed by atoms with E-state index in [1.807, 2.05) is 0 Å². The minimum atomic E-state index is -6.09. The van der Waals surface area contributed by atoms with Crippen molar-refractivity contribution in [1.82, 2.24) is 0 Å². The maximum absolute atomic E-state index is 12.8. The van der Waals surface area contributed by atoms with E-state index in [4.69, 9.17) is 17.5 Å². The van der Waals surface area contributed by atoms with E-state index in [1.165, 1.54) is 44.5 Å². The molecule has 458 valence electrons. The van der Waals surface area contributed by atoms with Gasteiger partial charge in [-0.3, -0.25) is 14.1 Å². The van der Waals surface area contributed by atoms with E-state index in [2.05, 4.69) is 193 Å². The van der Waals surface area contributed by atoms with E-state index < -0.39 is 71.5 Å². The fraction of sp³-hybridized carbons (Fsp3) is 0.377. The largest absolute Gasteiger partial charge is 1.00 e. The molecule has 0 aliphatic heterocycles. The number of alkyl halides is 7. The second-order valence-electron chi connectivity index (χ2n) is 20.2. The van der Waals surface area contributed by atoms with Crippen LogP contribution in [0.15, 0.2) is 170 Å². The molecule has 0 heterocycles. The Morgan fingerprint density at radius 3 is 0.929 bits per heavy atom. The third kappa shape index (κ3) is 25.8. The number of hydrogen-bond acceptors (Lipinski definition) is 12. The Morgan fingerprint density at radius 2 is 0.694 bits per heavy atom. The zero-order valence-corrected chi connectivity index (χ0v) is 51.5. The van der Waals surface area contributed by atoms with Gasteiger partial charge in [-0.25, -0.2) is 16.8 Å². The molecule has 0 atom stereocenters. The maximum Gasteiger partial charge on any atom is 1.00 e. The van der Waals surface area contributed by atoms with Crippen LogP contribution in [-0.2, 0) is 49.4 Å². The van der Waals surface area contributed by atoms with Crippen LogP contribution in [0.25, 0.3) is 0 Å². The fourth-order valence-corrected chi connectivity index (χ4v) is 9.51. The zero-order chi connectivity index (χ0) is 62.2. The molecule has 24 heteroatoms. The Hall–Kier alpha value is -5.50. The van der Waals surface area contributed by atoms with Crippen LogP contribution >= 0.6 is 0 Å². The van der Waals surface area contributed by atoms with E-state index in [-0.39, 0.29) is 54.2 Å². The van der Waals surface area contributed by atoms with E-state index >= 15 is 0 Å². The Labute approximate surface area is 515 Å². The normalized spacial score (nSPS) is 14.2. The fourth-order valence-electron chi connectivity index (χ4n) is 9.10. The Kier molecular flexibility index (Phi) is 30.1. The van der Waals surface area contributed by atoms with Crippen molar-refractivity contribution in [3.05, 3.63) is 214 Å². The Bertz CT molecular complexity index is 2990. The molecule has 6 aromatic carbocycles. The molecule has 0 amide bonds. The van der Waals surface area contributed by atoms with Crippen LogP contribution in [0.2, 0.25) is 0 Å². The molecule has 1 N–H and O–H groups in total. The molecule has 85 heavy (non-hydrogen) atoms. The number of halogens is 7. The van der Waals surface area contributed by atoms with Crippen molar-refractivity contribution in [2.75, 3.05) is 13.2 Å². The van der Waals surface area contributed by atoms with Gasteiger partial charge in [-0.2, -0.15) is 39.2 Å². The van der Waals surface area contributed by atoms with Crippen LogP contribution in [0.4, 0.5) is 30.7 Å². The summed E-state index contributed by atoms with van der Waals surface area (Å²) in [7, 11) is -17.4. The molecular formula is C61H67F7NaO13S3-. The van der Waals surface area contributed by atoms with Crippen LogP contribution < -0.4 is 29.6 Å². The average Bonchev–Trinajstić information content (AvgIpc) is 3.35. The maximum atomic E-state index is 12.8. The van der Waals surface area contributed by atoms with Gasteiger partial charge in [0.05, 0.1) is 0 Å². The van der Waals surface area contributed by atoms with Crippen molar-refractivity contribution in [1.29, 1.82) is 0 Å². The van der Waals surface area contributed by atoms with E-state index in [0.717, 1.165) is 64.2 Å². The Balaban J connectivity index is 0.000000284. The van der Waals surface area contributed by atoms with Crippen LogP contribution in [0.1, 0.15) is 133 Å². The van der Waals surface area contributed by atoms with Gasteiger partial charge in [0, 0.05) is 24.7 Å². The van der Waals surface area contributed by atoms with Gasteiger partial charge in [0.25, 0.3) is 0 Å². The SMILES string of the molecule is Cc1ccc(C(c2ccccc2)c2ccccc2)cc1.Cc1ccc(C(c2ccccc2)c2ccccc2)cc1.O=C(CC1CCCCC1)OCC(F)(F)S(=O)(=O)O.O=C(CC1CCCCC1)OCC(F)(F)S(=O)(=O)[O-].O=S(=O)([O-])C(F)(F)F.[Na+]. The van der Waals surface area contributed by atoms with Crippen molar-refractivity contribution in [3.63, 3.8) is 0 Å². The number of carbonyl (C=O) groups is 2. The first kappa shape index (κ1) is 73.8.